The van der Waals surface area contributed by atoms with Crippen molar-refractivity contribution in [2.45, 2.75) is 36.4 Å². The van der Waals surface area contributed by atoms with Crippen LogP contribution in [0.3, 0.4) is 0 Å². The predicted molar refractivity (Wildman–Crippen MR) is 86.5 cm³/mol. The monoisotopic (exact) mass is 304 g/mol. The molecule has 0 aliphatic heterocycles. The zero-order chi connectivity index (χ0) is 15.2. The van der Waals surface area contributed by atoms with Gasteiger partial charge in [-0.3, -0.25) is 4.79 Å². The lowest BCUT2D eigenvalue weighted by atomic mass is 10.1. The summed E-state index contributed by atoms with van der Waals surface area (Å²) in [6, 6.07) is 9.81. The highest BCUT2D eigenvalue weighted by Gasteiger charge is 2.06. The van der Waals surface area contributed by atoms with Crippen molar-refractivity contribution in [3.05, 3.63) is 46.2 Å². The maximum atomic E-state index is 11.3. The quantitative estimate of drug-likeness (QED) is 0.714. The molecule has 5 nitrogen and oxygen atoms in total. The maximum Gasteiger partial charge on any atom is 0.253 e. The molecule has 4 N–H and O–H groups in total. The third-order valence-corrected chi connectivity index (χ3v) is 3.93. The average molecular weight is 304 g/mol. The first-order chi connectivity index (χ1) is 10.1. The number of benzene rings is 1. The van der Waals surface area contributed by atoms with Gasteiger partial charge in [-0.15, -0.1) is 0 Å². The van der Waals surface area contributed by atoms with Gasteiger partial charge in [-0.25, -0.2) is 4.98 Å². The zero-order valence-electron chi connectivity index (χ0n) is 12.2. The van der Waals surface area contributed by atoms with E-state index < -0.39 is 0 Å². The van der Waals surface area contributed by atoms with Gasteiger partial charge in [-0.2, -0.15) is 0 Å². The smallest absolute Gasteiger partial charge is 0.253 e. The molecule has 0 bridgehead atoms. The molecular weight excluding hydrogens is 284 g/mol. The summed E-state index contributed by atoms with van der Waals surface area (Å²) in [6.07, 6.45) is 1.12. The molecule has 1 aromatic heterocycles. The minimum atomic E-state index is -0.237. The second-order valence-electron chi connectivity index (χ2n) is 4.82. The first kappa shape index (κ1) is 15.6. The molecular formula is C15H20N4OS. The van der Waals surface area contributed by atoms with Crippen molar-refractivity contribution in [1.29, 1.82) is 0 Å². The summed E-state index contributed by atoms with van der Waals surface area (Å²) >= 11 is 1.39. The van der Waals surface area contributed by atoms with Crippen LogP contribution in [0.1, 0.15) is 31.9 Å². The van der Waals surface area contributed by atoms with Crippen LogP contribution in [0.15, 0.2) is 45.2 Å². The lowest BCUT2D eigenvalue weighted by Gasteiger charge is -2.13. The van der Waals surface area contributed by atoms with E-state index in [0.29, 0.717) is 11.2 Å². The fourth-order valence-corrected chi connectivity index (χ4v) is 2.71. The van der Waals surface area contributed by atoms with Crippen molar-refractivity contribution in [1.82, 2.24) is 15.3 Å². The number of nitrogens with two attached hydrogens (primary N) is 1. The summed E-state index contributed by atoms with van der Waals surface area (Å²) in [4.78, 5) is 19.1. The Balaban J connectivity index is 2.06. The summed E-state index contributed by atoms with van der Waals surface area (Å²) < 4.78 is 0. The third kappa shape index (κ3) is 4.61. The van der Waals surface area contributed by atoms with Gasteiger partial charge in [0.25, 0.3) is 5.56 Å². The Morgan fingerprint density at radius 1 is 1.38 bits per heavy atom. The number of hydrogen-bond donors (Lipinski definition) is 3. The molecule has 112 valence electrons. The highest BCUT2D eigenvalue weighted by Crippen LogP contribution is 2.25. The van der Waals surface area contributed by atoms with Gasteiger partial charge in [-0.1, -0.05) is 30.8 Å². The Labute approximate surface area is 128 Å². The predicted octanol–water partition coefficient (Wildman–Crippen LogP) is 2.56. The van der Waals surface area contributed by atoms with Crippen molar-refractivity contribution in [2.24, 2.45) is 0 Å². The molecule has 0 radical (unpaired) electrons. The van der Waals surface area contributed by atoms with E-state index in [9.17, 15) is 4.79 Å². The zero-order valence-corrected chi connectivity index (χ0v) is 13.0. The van der Waals surface area contributed by atoms with Crippen LogP contribution in [-0.2, 0) is 0 Å². The van der Waals surface area contributed by atoms with Crippen LogP contribution in [-0.4, -0.2) is 16.5 Å². The molecule has 0 spiro atoms. The summed E-state index contributed by atoms with van der Waals surface area (Å²) in [6.45, 7) is 5.31. The van der Waals surface area contributed by atoms with Crippen LogP contribution in [0.5, 0.6) is 0 Å². The molecule has 0 saturated carbocycles. The number of aromatic nitrogens is 2. The number of nitrogens with zero attached hydrogens (tertiary/aromatic N) is 1. The summed E-state index contributed by atoms with van der Waals surface area (Å²) in [5, 5.41) is 3.95. The molecule has 0 saturated heterocycles. The van der Waals surface area contributed by atoms with E-state index in [4.69, 9.17) is 5.73 Å². The highest BCUT2D eigenvalue weighted by molar-refractivity contribution is 7.99. The Bertz CT molecular complexity index is 639. The van der Waals surface area contributed by atoms with E-state index in [1.54, 1.807) is 0 Å². The molecule has 1 atom stereocenters. The standard InChI is InChI=1S/C15H20N4OS/c1-3-8-17-10(2)11-4-6-12(7-5-11)21-15-18-13(16)9-14(20)19-15/h4-7,9-10,17H,3,8H2,1-2H3,(H3,16,18,19,20). The van der Waals surface area contributed by atoms with Crippen LogP contribution < -0.4 is 16.6 Å². The lowest BCUT2D eigenvalue weighted by molar-refractivity contribution is 0.570. The number of nitrogen functional groups attached to an aromatic ring is 1. The molecule has 0 aliphatic carbocycles. The normalized spacial score (nSPS) is 12.3. The second kappa shape index (κ2) is 7.28. The van der Waals surface area contributed by atoms with Gasteiger partial charge in [0.1, 0.15) is 5.82 Å². The molecule has 6 heteroatoms. The van der Waals surface area contributed by atoms with Crippen LogP contribution >= 0.6 is 11.8 Å². The second-order valence-corrected chi connectivity index (χ2v) is 5.88. The fraction of sp³-hybridized carbons (Fsp3) is 0.333. The van der Waals surface area contributed by atoms with E-state index in [-0.39, 0.29) is 11.4 Å². The van der Waals surface area contributed by atoms with Gasteiger partial charge in [0.15, 0.2) is 5.16 Å². The van der Waals surface area contributed by atoms with E-state index in [1.807, 2.05) is 12.1 Å². The molecule has 1 unspecified atom stereocenters. The Morgan fingerprint density at radius 2 is 2.10 bits per heavy atom. The number of H-pyrrole nitrogens is 1. The SMILES string of the molecule is CCCNC(C)c1ccc(Sc2nc(N)cc(=O)[nH]2)cc1. The van der Waals surface area contributed by atoms with Crippen LogP contribution in [0, 0.1) is 0 Å². The van der Waals surface area contributed by atoms with Crippen LogP contribution in [0.2, 0.25) is 0 Å². The van der Waals surface area contributed by atoms with Gasteiger partial charge >= 0.3 is 0 Å². The average Bonchev–Trinajstić information content (AvgIpc) is 2.44. The Hall–Kier alpha value is -1.79. The van der Waals surface area contributed by atoms with E-state index >= 15 is 0 Å². The number of rotatable bonds is 6. The number of hydrogen-bond acceptors (Lipinski definition) is 5. The van der Waals surface area contributed by atoms with E-state index in [1.165, 1.54) is 23.4 Å². The topological polar surface area (TPSA) is 83.8 Å². The summed E-state index contributed by atoms with van der Waals surface area (Å²) in [5.41, 5.74) is 6.57. The van der Waals surface area contributed by atoms with Crippen molar-refractivity contribution in [3.8, 4) is 0 Å². The van der Waals surface area contributed by atoms with Gasteiger partial charge < -0.3 is 16.0 Å². The molecule has 21 heavy (non-hydrogen) atoms. The summed E-state index contributed by atoms with van der Waals surface area (Å²) in [7, 11) is 0. The Kier molecular flexibility index (Phi) is 5.41. The van der Waals surface area contributed by atoms with E-state index in [2.05, 4.69) is 41.3 Å². The minimum absolute atomic E-state index is 0.232. The minimum Gasteiger partial charge on any atom is -0.383 e. The molecule has 1 heterocycles. The van der Waals surface area contributed by atoms with Crippen LogP contribution in [0.25, 0.3) is 0 Å². The van der Waals surface area contributed by atoms with Gasteiger partial charge in [0, 0.05) is 17.0 Å². The number of anilines is 1. The number of aromatic amines is 1. The summed E-state index contributed by atoms with van der Waals surface area (Å²) in [5.74, 6) is 0.232. The highest BCUT2D eigenvalue weighted by atomic mass is 32.2. The molecule has 1 aromatic carbocycles. The van der Waals surface area contributed by atoms with Gasteiger partial charge in [0.05, 0.1) is 0 Å². The molecule has 2 aromatic rings. The van der Waals surface area contributed by atoms with Gasteiger partial charge in [-0.05, 0) is 37.6 Å². The molecule has 2 rings (SSSR count). The van der Waals surface area contributed by atoms with Crippen LogP contribution in [0.4, 0.5) is 5.82 Å². The van der Waals surface area contributed by atoms with Gasteiger partial charge in [0.2, 0.25) is 0 Å². The number of nitrogens with one attached hydrogen (secondary N) is 2. The van der Waals surface area contributed by atoms with E-state index in [0.717, 1.165) is 17.9 Å². The van der Waals surface area contributed by atoms with Crippen molar-refractivity contribution >= 4 is 17.6 Å². The molecule has 0 amide bonds. The lowest BCUT2D eigenvalue weighted by Crippen LogP contribution is -2.19. The van der Waals surface area contributed by atoms with Crippen molar-refractivity contribution < 1.29 is 0 Å². The largest absolute Gasteiger partial charge is 0.383 e. The third-order valence-electron chi connectivity index (χ3n) is 3.03. The molecule has 0 fully saturated rings. The first-order valence-corrected chi connectivity index (χ1v) is 7.78. The van der Waals surface area contributed by atoms with Crippen molar-refractivity contribution in [2.75, 3.05) is 12.3 Å². The maximum absolute atomic E-state index is 11.3. The molecule has 0 aliphatic rings. The Morgan fingerprint density at radius 3 is 2.71 bits per heavy atom. The first-order valence-electron chi connectivity index (χ1n) is 6.96. The fourth-order valence-electron chi connectivity index (χ4n) is 1.92. The van der Waals surface area contributed by atoms with Crippen molar-refractivity contribution in [3.63, 3.8) is 0 Å².